The summed E-state index contributed by atoms with van der Waals surface area (Å²) in [6, 6.07) is 12.0. The Hall–Kier alpha value is -2.34. The van der Waals surface area contributed by atoms with Crippen molar-refractivity contribution in [3.05, 3.63) is 36.4 Å². The summed E-state index contributed by atoms with van der Waals surface area (Å²) in [6.45, 7) is 4.10. The van der Waals surface area contributed by atoms with Crippen molar-refractivity contribution >= 4 is 11.8 Å². The smallest absolute Gasteiger partial charge is 0.320 e. The molecule has 4 rings (SSSR count). The molecule has 2 aliphatic heterocycles. The molecule has 1 aromatic carbocycles. The fourth-order valence-corrected chi connectivity index (χ4v) is 3.74. The topological polar surface area (TPSA) is 68.2 Å². The van der Waals surface area contributed by atoms with E-state index >= 15 is 0 Å². The molecule has 0 radical (unpaired) electrons. The van der Waals surface area contributed by atoms with Gasteiger partial charge in [-0.25, -0.2) is 9.48 Å². The fourth-order valence-electron chi connectivity index (χ4n) is 3.74. The Morgan fingerprint density at radius 3 is 2.72 bits per heavy atom. The van der Waals surface area contributed by atoms with Crippen molar-refractivity contribution in [2.24, 2.45) is 0 Å². The molecule has 6 heteroatoms. The van der Waals surface area contributed by atoms with Crippen molar-refractivity contribution in [2.45, 2.75) is 57.4 Å². The number of fused-ring (bicyclic) bond motifs is 2. The normalized spacial score (nSPS) is 24.7. The zero-order chi connectivity index (χ0) is 17.4. The fraction of sp³-hybridized carbons (Fsp3) is 0.474. The Kier molecular flexibility index (Phi) is 4.21. The van der Waals surface area contributed by atoms with Crippen LogP contribution >= 0.6 is 0 Å². The number of hydrogen-bond donors (Lipinski definition) is 2. The number of carbonyl (C=O) groups excluding carboxylic acids is 1. The first-order valence-corrected chi connectivity index (χ1v) is 8.98. The number of rotatable bonds is 4. The number of nitrogens with one attached hydrogen (secondary N) is 2. The van der Waals surface area contributed by atoms with Crippen LogP contribution in [0.25, 0.3) is 11.3 Å². The number of urea groups is 1. The van der Waals surface area contributed by atoms with Crippen molar-refractivity contribution in [2.75, 3.05) is 5.32 Å². The third-order valence-electron chi connectivity index (χ3n) is 4.96. The molecular formula is C19H24N4O2. The highest BCUT2D eigenvalue weighted by atomic mass is 16.5. The molecule has 2 N–H and O–H groups in total. The predicted molar refractivity (Wildman–Crippen MR) is 96.5 cm³/mol. The van der Waals surface area contributed by atoms with Gasteiger partial charge in [0.15, 0.2) is 0 Å². The van der Waals surface area contributed by atoms with E-state index in [2.05, 4.69) is 29.6 Å². The second-order valence-electron chi connectivity index (χ2n) is 7.13. The van der Waals surface area contributed by atoms with Gasteiger partial charge in [-0.05, 0) is 33.1 Å². The zero-order valence-corrected chi connectivity index (χ0v) is 14.6. The highest BCUT2D eigenvalue weighted by Gasteiger charge is 2.41. The van der Waals surface area contributed by atoms with Gasteiger partial charge in [0.25, 0.3) is 0 Å². The van der Waals surface area contributed by atoms with Crippen LogP contribution in [-0.4, -0.2) is 34.1 Å². The number of anilines is 1. The van der Waals surface area contributed by atoms with E-state index in [1.165, 1.54) is 0 Å². The largest absolute Gasteiger partial charge is 0.373 e. The third kappa shape index (κ3) is 3.26. The van der Waals surface area contributed by atoms with E-state index in [-0.39, 0.29) is 24.2 Å². The Morgan fingerprint density at radius 2 is 2.08 bits per heavy atom. The van der Waals surface area contributed by atoms with Crippen molar-refractivity contribution in [3.8, 4) is 11.3 Å². The van der Waals surface area contributed by atoms with Crippen LogP contribution in [-0.2, 0) is 4.74 Å². The van der Waals surface area contributed by atoms with Gasteiger partial charge in [-0.3, -0.25) is 5.32 Å². The number of carbonyl (C=O) groups is 1. The van der Waals surface area contributed by atoms with E-state index in [0.717, 1.165) is 30.5 Å². The Labute approximate surface area is 147 Å². The van der Waals surface area contributed by atoms with Gasteiger partial charge in [0.2, 0.25) is 0 Å². The summed E-state index contributed by atoms with van der Waals surface area (Å²) in [4.78, 5) is 12.4. The maximum absolute atomic E-state index is 12.4. The first kappa shape index (κ1) is 16.1. The molecule has 3 atom stereocenters. The van der Waals surface area contributed by atoms with E-state index < -0.39 is 0 Å². The second kappa shape index (κ2) is 6.52. The summed E-state index contributed by atoms with van der Waals surface area (Å²) in [5.74, 6) is 0.704. The van der Waals surface area contributed by atoms with Crippen LogP contribution in [0.3, 0.4) is 0 Å². The highest BCUT2D eigenvalue weighted by molar-refractivity contribution is 5.89. The Morgan fingerprint density at radius 1 is 1.28 bits per heavy atom. The van der Waals surface area contributed by atoms with Gasteiger partial charge in [-0.15, -0.1) is 0 Å². The lowest BCUT2D eigenvalue weighted by atomic mass is 9.96. The number of aromatic nitrogens is 2. The lowest BCUT2D eigenvalue weighted by molar-refractivity contribution is 0.0984. The summed E-state index contributed by atoms with van der Waals surface area (Å²) in [6.07, 6.45) is 3.56. The molecule has 2 saturated heterocycles. The van der Waals surface area contributed by atoms with Crippen LogP contribution in [0.4, 0.5) is 10.6 Å². The van der Waals surface area contributed by atoms with Crippen molar-refractivity contribution < 1.29 is 9.53 Å². The van der Waals surface area contributed by atoms with Crippen LogP contribution < -0.4 is 10.6 Å². The van der Waals surface area contributed by atoms with Gasteiger partial charge in [0.05, 0.1) is 23.9 Å². The summed E-state index contributed by atoms with van der Waals surface area (Å²) in [5, 5.41) is 10.7. The summed E-state index contributed by atoms with van der Waals surface area (Å²) >= 11 is 0. The second-order valence-corrected chi connectivity index (χ2v) is 7.13. The Balaban J connectivity index is 1.49. The standard InChI is InChI=1S/C19H24N4O2/c1-12(2)23-18(11-15(22-23)13-6-4-3-5-7-13)21-19(24)20-16-10-14-8-9-17(16)25-14/h3-7,11-12,14,16-17H,8-10H2,1-2H3,(H2,20,21,24)/t14-,16-,17+/m1/s1. The van der Waals surface area contributed by atoms with E-state index in [4.69, 9.17) is 4.74 Å². The molecule has 0 spiro atoms. The third-order valence-corrected chi connectivity index (χ3v) is 4.96. The lowest BCUT2D eigenvalue weighted by Gasteiger charge is -2.20. The minimum Gasteiger partial charge on any atom is -0.373 e. The maximum atomic E-state index is 12.4. The van der Waals surface area contributed by atoms with Crippen LogP contribution in [0.5, 0.6) is 0 Å². The minimum absolute atomic E-state index is 0.114. The SMILES string of the molecule is CC(C)n1nc(-c2ccccc2)cc1NC(=O)N[C@@H]1C[C@H]2CC[C@@H]1O2. The van der Waals surface area contributed by atoms with E-state index in [1.807, 2.05) is 41.1 Å². The number of amides is 2. The molecule has 0 unspecified atom stereocenters. The molecule has 0 saturated carbocycles. The van der Waals surface area contributed by atoms with Gasteiger partial charge >= 0.3 is 6.03 Å². The summed E-state index contributed by atoms with van der Waals surface area (Å²) in [5.41, 5.74) is 1.89. The molecule has 25 heavy (non-hydrogen) atoms. The van der Waals surface area contributed by atoms with Crippen LogP contribution in [0.1, 0.15) is 39.2 Å². The molecule has 2 bridgehead atoms. The van der Waals surface area contributed by atoms with Gasteiger partial charge in [0.1, 0.15) is 5.82 Å². The predicted octanol–water partition coefficient (Wildman–Crippen LogP) is 3.57. The summed E-state index contributed by atoms with van der Waals surface area (Å²) in [7, 11) is 0. The molecule has 6 nitrogen and oxygen atoms in total. The number of nitrogens with zero attached hydrogens (tertiary/aromatic N) is 2. The maximum Gasteiger partial charge on any atom is 0.320 e. The molecule has 132 valence electrons. The van der Waals surface area contributed by atoms with Gasteiger partial charge in [-0.1, -0.05) is 30.3 Å². The number of hydrogen-bond acceptors (Lipinski definition) is 3. The van der Waals surface area contributed by atoms with Crippen molar-refractivity contribution in [1.82, 2.24) is 15.1 Å². The monoisotopic (exact) mass is 340 g/mol. The van der Waals surface area contributed by atoms with Crippen LogP contribution in [0, 0.1) is 0 Å². The van der Waals surface area contributed by atoms with Crippen molar-refractivity contribution in [1.29, 1.82) is 0 Å². The Bertz CT molecular complexity index is 756. The van der Waals surface area contributed by atoms with Crippen molar-refractivity contribution in [3.63, 3.8) is 0 Å². The molecule has 0 aliphatic carbocycles. The molecular weight excluding hydrogens is 316 g/mol. The molecule has 2 aromatic rings. The number of benzene rings is 1. The van der Waals surface area contributed by atoms with Gasteiger partial charge in [0, 0.05) is 17.7 Å². The molecule has 3 heterocycles. The average Bonchev–Trinajstić information content (AvgIpc) is 3.30. The average molecular weight is 340 g/mol. The molecule has 2 aliphatic rings. The van der Waals surface area contributed by atoms with Crippen LogP contribution in [0.2, 0.25) is 0 Å². The zero-order valence-electron chi connectivity index (χ0n) is 14.6. The first-order chi connectivity index (χ1) is 12.1. The quantitative estimate of drug-likeness (QED) is 0.894. The summed E-state index contributed by atoms with van der Waals surface area (Å²) < 4.78 is 7.65. The van der Waals surface area contributed by atoms with Crippen LogP contribution in [0.15, 0.2) is 36.4 Å². The lowest BCUT2D eigenvalue weighted by Crippen LogP contribution is -2.43. The molecule has 1 aromatic heterocycles. The molecule has 2 fully saturated rings. The van der Waals surface area contributed by atoms with Gasteiger partial charge < -0.3 is 10.1 Å². The van der Waals surface area contributed by atoms with E-state index in [9.17, 15) is 4.79 Å². The number of ether oxygens (including phenoxy) is 1. The van der Waals surface area contributed by atoms with E-state index in [1.54, 1.807) is 0 Å². The highest BCUT2D eigenvalue weighted by Crippen LogP contribution is 2.34. The van der Waals surface area contributed by atoms with Gasteiger partial charge in [-0.2, -0.15) is 5.10 Å². The minimum atomic E-state index is -0.192. The molecule has 2 amide bonds. The van der Waals surface area contributed by atoms with E-state index in [0.29, 0.717) is 11.9 Å². The first-order valence-electron chi connectivity index (χ1n) is 8.98.